The zero-order chi connectivity index (χ0) is 16.4. The Morgan fingerprint density at radius 1 is 1.50 bits per heavy atom. The molecular formula is C15H19F3N2O2. The van der Waals surface area contributed by atoms with Gasteiger partial charge in [0.25, 0.3) is 0 Å². The molecule has 1 fully saturated rings. The molecular weight excluding hydrogens is 297 g/mol. The van der Waals surface area contributed by atoms with Gasteiger partial charge in [0.2, 0.25) is 5.91 Å². The number of nitrogens with one attached hydrogen (secondary N) is 1. The van der Waals surface area contributed by atoms with E-state index in [1.165, 1.54) is 0 Å². The molecule has 1 aromatic heterocycles. The van der Waals surface area contributed by atoms with Crippen LogP contribution < -0.4 is 5.32 Å². The zero-order valence-corrected chi connectivity index (χ0v) is 12.5. The van der Waals surface area contributed by atoms with Gasteiger partial charge < -0.3 is 10.1 Å². The molecule has 0 aliphatic carbocycles. The normalized spacial score (nSPS) is 21.4. The number of alkyl halides is 3. The molecule has 2 rings (SSSR count). The molecule has 7 heteroatoms. The minimum atomic E-state index is -4.49. The summed E-state index contributed by atoms with van der Waals surface area (Å²) in [4.78, 5) is 15.7. The number of rotatable bonds is 3. The lowest BCUT2D eigenvalue weighted by molar-refractivity contribution is -0.138. The Bertz CT molecular complexity index is 544. The molecule has 122 valence electrons. The Morgan fingerprint density at radius 2 is 2.23 bits per heavy atom. The van der Waals surface area contributed by atoms with Crippen LogP contribution in [0.4, 0.5) is 13.2 Å². The highest BCUT2D eigenvalue weighted by Gasteiger charge is 2.34. The highest BCUT2D eigenvalue weighted by atomic mass is 19.4. The molecule has 1 aliphatic heterocycles. The number of pyridine rings is 1. The highest BCUT2D eigenvalue weighted by molar-refractivity contribution is 5.79. The van der Waals surface area contributed by atoms with Crippen molar-refractivity contribution in [3.8, 4) is 0 Å². The summed E-state index contributed by atoms with van der Waals surface area (Å²) in [5.74, 6) is -0.429. The summed E-state index contributed by atoms with van der Waals surface area (Å²) in [5, 5.41) is 2.79. The van der Waals surface area contributed by atoms with Crippen molar-refractivity contribution in [3.63, 3.8) is 0 Å². The number of carbonyl (C=O) groups excluding carboxylic acids is 1. The number of nitrogens with zero attached hydrogens (tertiary/aromatic N) is 1. The lowest BCUT2D eigenvalue weighted by Crippen LogP contribution is -2.46. The summed E-state index contributed by atoms with van der Waals surface area (Å²) >= 11 is 0. The molecule has 1 aromatic rings. The van der Waals surface area contributed by atoms with Gasteiger partial charge in [-0.3, -0.25) is 9.78 Å². The molecule has 0 saturated carbocycles. The first-order chi connectivity index (χ1) is 10.2. The number of ether oxygens (including phenoxy) is 1. The minimum Gasteiger partial charge on any atom is -0.375 e. The minimum absolute atomic E-state index is 0.0812. The molecule has 1 aliphatic rings. The third-order valence-electron chi connectivity index (χ3n) is 3.62. The average molecular weight is 316 g/mol. The number of halogens is 3. The molecule has 0 aromatic carbocycles. The fraction of sp³-hybridized carbons (Fsp3) is 0.600. The molecule has 0 spiro atoms. The zero-order valence-electron chi connectivity index (χ0n) is 12.5. The van der Waals surface area contributed by atoms with E-state index in [9.17, 15) is 18.0 Å². The second-order valence-electron chi connectivity index (χ2n) is 6.07. The van der Waals surface area contributed by atoms with Crippen molar-refractivity contribution < 1.29 is 22.7 Å². The molecule has 22 heavy (non-hydrogen) atoms. The van der Waals surface area contributed by atoms with Gasteiger partial charge in [-0.1, -0.05) is 0 Å². The van der Waals surface area contributed by atoms with E-state index in [4.69, 9.17) is 4.74 Å². The largest absolute Gasteiger partial charge is 0.416 e. The van der Waals surface area contributed by atoms with E-state index in [-0.39, 0.29) is 23.6 Å². The Hall–Kier alpha value is -1.63. The van der Waals surface area contributed by atoms with Crippen LogP contribution in [0.15, 0.2) is 18.5 Å². The maximum Gasteiger partial charge on any atom is 0.416 e. The van der Waals surface area contributed by atoms with Crippen molar-refractivity contribution in [1.82, 2.24) is 10.3 Å². The van der Waals surface area contributed by atoms with Gasteiger partial charge in [0.15, 0.2) is 0 Å². The number of hydrogen-bond acceptors (Lipinski definition) is 3. The number of hydrogen-bond donors (Lipinski definition) is 1. The predicted octanol–water partition coefficient (Wildman–Crippen LogP) is 2.72. The molecule has 1 N–H and O–H groups in total. The van der Waals surface area contributed by atoms with Gasteiger partial charge in [-0.05, 0) is 38.3 Å². The Morgan fingerprint density at radius 3 is 2.86 bits per heavy atom. The van der Waals surface area contributed by atoms with E-state index in [0.29, 0.717) is 19.4 Å². The molecule has 0 unspecified atom stereocenters. The van der Waals surface area contributed by atoms with Crippen LogP contribution in [0.5, 0.6) is 0 Å². The van der Waals surface area contributed by atoms with Crippen LogP contribution in [0.3, 0.4) is 0 Å². The van der Waals surface area contributed by atoms with Crippen molar-refractivity contribution in [3.05, 3.63) is 29.6 Å². The molecule has 4 nitrogen and oxygen atoms in total. The predicted molar refractivity (Wildman–Crippen MR) is 74.1 cm³/mol. The van der Waals surface area contributed by atoms with Crippen molar-refractivity contribution in [1.29, 1.82) is 0 Å². The molecule has 2 heterocycles. The van der Waals surface area contributed by atoms with E-state index >= 15 is 0 Å². The number of amides is 1. The van der Waals surface area contributed by atoms with Crippen molar-refractivity contribution in [2.45, 2.75) is 50.9 Å². The maximum atomic E-state index is 12.9. The van der Waals surface area contributed by atoms with Gasteiger partial charge in [0.05, 0.1) is 17.6 Å². The van der Waals surface area contributed by atoms with Crippen molar-refractivity contribution in [2.24, 2.45) is 0 Å². The van der Waals surface area contributed by atoms with Gasteiger partial charge in [-0.2, -0.15) is 13.2 Å². The van der Waals surface area contributed by atoms with Crippen LogP contribution in [0.1, 0.15) is 37.8 Å². The topological polar surface area (TPSA) is 51.2 Å². The molecule has 1 saturated heterocycles. The van der Waals surface area contributed by atoms with Crippen LogP contribution >= 0.6 is 0 Å². The molecule has 1 atom stereocenters. The van der Waals surface area contributed by atoms with E-state index in [1.807, 2.05) is 13.8 Å². The van der Waals surface area contributed by atoms with Crippen LogP contribution in [-0.4, -0.2) is 29.1 Å². The molecule has 1 amide bonds. The fourth-order valence-corrected chi connectivity index (χ4v) is 2.65. The van der Waals surface area contributed by atoms with Crippen LogP contribution in [0, 0.1) is 0 Å². The summed E-state index contributed by atoms with van der Waals surface area (Å²) in [6, 6.07) is 0.808. The SMILES string of the molecule is CC1(C)C[C@H](NC(=O)Cc2cnccc2C(F)(F)F)CCO1. The smallest absolute Gasteiger partial charge is 0.375 e. The monoisotopic (exact) mass is 316 g/mol. The van der Waals surface area contributed by atoms with E-state index in [0.717, 1.165) is 18.5 Å². The lowest BCUT2D eigenvalue weighted by Gasteiger charge is -2.35. The Balaban J connectivity index is 2.01. The third kappa shape index (κ3) is 4.43. The second kappa shape index (κ2) is 6.24. The Labute approximate surface area is 127 Å². The third-order valence-corrected chi connectivity index (χ3v) is 3.62. The first-order valence-electron chi connectivity index (χ1n) is 7.11. The maximum absolute atomic E-state index is 12.9. The summed E-state index contributed by atoms with van der Waals surface area (Å²) < 4.78 is 44.2. The summed E-state index contributed by atoms with van der Waals surface area (Å²) in [7, 11) is 0. The van der Waals surface area contributed by atoms with E-state index in [1.54, 1.807) is 0 Å². The average Bonchev–Trinajstić information content (AvgIpc) is 2.36. The molecule has 0 radical (unpaired) electrons. The highest BCUT2D eigenvalue weighted by Crippen LogP contribution is 2.31. The van der Waals surface area contributed by atoms with Gasteiger partial charge >= 0.3 is 6.18 Å². The summed E-state index contributed by atoms with van der Waals surface area (Å²) in [5.41, 5.74) is -1.26. The summed E-state index contributed by atoms with van der Waals surface area (Å²) in [6.45, 7) is 4.38. The van der Waals surface area contributed by atoms with Crippen LogP contribution in [-0.2, 0) is 22.1 Å². The number of aromatic nitrogens is 1. The van der Waals surface area contributed by atoms with E-state index < -0.39 is 17.6 Å². The lowest BCUT2D eigenvalue weighted by atomic mass is 9.93. The van der Waals surface area contributed by atoms with E-state index in [2.05, 4.69) is 10.3 Å². The van der Waals surface area contributed by atoms with Crippen molar-refractivity contribution in [2.75, 3.05) is 6.61 Å². The Kier molecular flexibility index (Phi) is 4.75. The standard InChI is InChI=1S/C15H19F3N2O2/c1-14(2)8-11(4-6-22-14)20-13(21)7-10-9-19-5-3-12(10)15(16,17)18/h3,5,9,11H,4,6-8H2,1-2H3,(H,20,21)/t11-/m1/s1. The first kappa shape index (κ1) is 16.7. The fourth-order valence-electron chi connectivity index (χ4n) is 2.65. The van der Waals surface area contributed by atoms with Gasteiger partial charge in [0.1, 0.15) is 0 Å². The van der Waals surface area contributed by atoms with Gasteiger partial charge in [0, 0.05) is 25.0 Å². The quantitative estimate of drug-likeness (QED) is 0.933. The van der Waals surface area contributed by atoms with Gasteiger partial charge in [-0.15, -0.1) is 0 Å². The van der Waals surface area contributed by atoms with Gasteiger partial charge in [-0.25, -0.2) is 0 Å². The summed E-state index contributed by atoms with van der Waals surface area (Å²) in [6.07, 6.45) is -1.35. The second-order valence-corrected chi connectivity index (χ2v) is 6.07. The number of carbonyl (C=O) groups is 1. The first-order valence-corrected chi connectivity index (χ1v) is 7.11. The van der Waals surface area contributed by atoms with Crippen LogP contribution in [0.2, 0.25) is 0 Å². The van der Waals surface area contributed by atoms with Crippen LogP contribution in [0.25, 0.3) is 0 Å². The molecule has 0 bridgehead atoms. The van der Waals surface area contributed by atoms with Crippen molar-refractivity contribution >= 4 is 5.91 Å².